The monoisotopic (exact) mass is 595 g/mol. The number of carbonyl (C=O) groups is 3. The summed E-state index contributed by atoms with van der Waals surface area (Å²) in [6.45, 7) is 0. The van der Waals surface area contributed by atoms with Gasteiger partial charge in [-0.1, -0.05) is 42.5 Å². The molecule has 0 aliphatic rings. The summed E-state index contributed by atoms with van der Waals surface area (Å²) in [7, 11) is 0. The molecule has 0 spiro atoms. The van der Waals surface area contributed by atoms with Crippen molar-refractivity contribution in [1.82, 2.24) is 5.32 Å². The molecule has 0 saturated heterocycles. The van der Waals surface area contributed by atoms with Gasteiger partial charge in [-0.2, -0.15) is 38.1 Å². The van der Waals surface area contributed by atoms with Gasteiger partial charge in [0.15, 0.2) is 5.78 Å². The predicted octanol–water partition coefficient (Wildman–Crippen LogP) is 7.09. The number of benzene rings is 3. The smallest absolute Gasteiger partial charge is 0.416 e. The number of ketones is 1. The number of aliphatic carboxylic acids is 1. The van der Waals surface area contributed by atoms with Crippen LogP contribution in [0, 0.1) is 5.92 Å². The SMILES string of the molecule is O=C(C[C@@H](CSCc1ccccc1)C(=O)O)/C(=C\c1ccc(C(F)(F)F)cc1)NC(=O)c1ccc(C(F)(F)F)cc1. The Kier molecular flexibility index (Phi) is 10.4. The van der Waals surface area contributed by atoms with Gasteiger partial charge in [0.25, 0.3) is 5.91 Å². The third-order valence-electron chi connectivity index (χ3n) is 5.78. The van der Waals surface area contributed by atoms with E-state index >= 15 is 0 Å². The maximum atomic E-state index is 13.2. The lowest BCUT2D eigenvalue weighted by Crippen LogP contribution is -2.30. The van der Waals surface area contributed by atoms with Gasteiger partial charge < -0.3 is 10.4 Å². The molecule has 12 heteroatoms. The van der Waals surface area contributed by atoms with Crippen molar-refractivity contribution in [3.63, 3.8) is 0 Å². The van der Waals surface area contributed by atoms with Crippen LogP contribution in [0.1, 0.15) is 39.0 Å². The summed E-state index contributed by atoms with van der Waals surface area (Å²) in [5, 5.41) is 12.0. The van der Waals surface area contributed by atoms with Gasteiger partial charge in [0.2, 0.25) is 0 Å². The number of carboxylic acid groups (broad SMARTS) is 1. The van der Waals surface area contributed by atoms with E-state index in [1.54, 1.807) is 0 Å². The summed E-state index contributed by atoms with van der Waals surface area (Å²) in [5.74, 6) is -3.67. The van der Waals surface area contributed by atoms with Crippen LogP contribution in [0.4, 0.5) is 26.3 Å². The van der Waals surface area contributed by atoms with Crippen LogP contribution in [0.3, 0.4) is 0 Å². The lowest BCUT2D eigenvalue weighted by atomic mass is 10.0. The van der Waals surface area contributed by atoms with Gasteiger partial charge in [-0.25, -0.2) is 0 Å². The van der Waals surface area contributed by atoms with Gasteiger partial charge in [-0.05, 0) is 53.6 Å². The normalized spacial score (nSPS) is 13.0. The second-order valence-electron chi connectivity index (χ2n) is 8.87. The molecule has 0 aliphatic heterocycles. The first-order valence-corrected chi connectivity index (χ1v) is 13.1. The fraction of sp³-hybridized carbons (Fsp3) is 0.207. The Balaban J connectivity index is 1.83. The predicted molar refractivity (Wildman–Crippen MR) is 142 cm³/mol. The number of rotatable bonds is 11. The van der Waals surface area contributed by atoms with Crippen LogP contribution in [0.25, 0.3) is 6.08 Å². The number of hydrogen-bond donors (Lipinski definition) is 2. The highest BCUT2D eigenvalue weighted by atomic mass is 32.2. The average Bonchev–Trinajstić information content (AvgIpc) is 2.92. The van der Waals surface area contributed by atoms with Crippen molar-refractivity contribution < 1.29 is 45.8 Å². The molecule has 1 atom stereocenters. The molecule has 0 saturated carbocycles. The van der Waals surface area contributed by atoms with E-state index < -0.39 is 59.2 Å². The van der Waals surface area contributed by atoms with Crippen LogP contribution in [0.5, 0.6) is 0 Å². The minimum absolute atomic E-state index is 0.0520. The Hall–Kier alpha value is -4.06. The molecule has 3 rings (SSSR count). The summed E-state index contributed by atoms with van der Waals surface area (Å²) in [4.78, 5) is 37.9. The fourth-order valence-corrected chi connectivity index (χ4v) is 4.66. The largest absolute Gasteiger partial charge is 0.481 e. The van der Waals surface area contributed by atoms with Gasteiger partial charge in [-0.3, -0.25) is 14.4 Å². The molecule has 0 unspecified atom stereocenters. The molecule has 0 heterocycles. The summed E-state index contributed by atoms with van der Waals surface area (Å²) in [6.07, 6.45) is -8.70. The van der Waals surface area contributed by atoms with Gasteiger partial charge >= 0.3 is 18.3 Å². The van der Waals surface area contributed by atoms with Gasteiger partial charge in [0.05, 0.1) is 22.7 Å². The van der Waals surface area contributed by atoms with Crippen molar-refractivity contribution >= 4 is 35.5 Å². The molecule has 2 N–H and O–H groups in total. The summed E-state index contributed by atoms with van der Waals surface area (Å²) < 4.78 is 77.5. The first-order chi connectivity index (χ1) is 19.2. The van der Waals surface area contributed by atoms with E-state index in [1.165, 1.54) is 11.8 Å². The molecular formula is C29H23F6NO4S. The number of carboxylic acids is 1. The maximum absolute atomic E-state index is 13.2. The third kappa shape index (κ3) is 9.52. The zero-order valence-electron chi connectivity index (χ0n) is 21.1. The van der Waals surface area contributed by atoms with Crippen LogP contribution >= 0.6 is 11.8 Å². The number of halogens is 6. The number of Topliss-reactive ketones (excluding diaryl/α,β-unsaturated/α-hetero) is 1. The Bertz CT molecular complexity index is 1390. The minimum atomic E-state index is -4.64. The highest BCUT2D eigenvalue weighted by Gasteiger charge is 2.31. The highest BCUT2D eigenvalue weighted by Crippen LogP contribution is 2.30. The molecule has 0 aromatic heterocycles. The molecule has 0 radical (unpaired) electrons. The van der Waals surface area contributed by atoms with Crippen LogP contribution in [-0.4, -0.2) is 28.5 Å². The second-order valence-corrected chi connectivity index (χ2v) is 9.90. The number of carbonyl (C=O) groups excluding carboxylic acids is 2. The number of thioether (sulfide) groups is 1. The Morgan fingerprint density at radius 3 is 1.85 bits per heavy atom. The molecule has 0 aliphatic carbocycles. The Morgan fingerprint density at radius 2 is 1.34 bits per heavy atom. The van der Waals surface area contributed by atoms with Crippen molar-refractivity contribution in [3.05, 3.63) is 112 Å². The van der Waals surface area contributed by atoms with Crippen molar-refractivity contribution in [3.8, 4) is 0 Å². The molecule has 41 heavy (non-hydrogen) atoms. The van der Waals surface area contributed by atoms with Gasteiger partial charge in [0, 0.05) is 23.5 Å². The van der Waals surface area contributed by atoms with Crippen molar-refractivity contribution in [2.45, 2.75) is 24.5 Å². The zero-order valence-corrected chi connectivity index (χ0v) is 21.9. The minimum Gasteiger partial charge on any atom is -0.481 e. The van der Waals surface area contributed by atoms with Crippen molar-refractivity contribution in [2.75, 3.05) is 5.75 Å². The van der Waals surface area contributed by atoms with Crippen molar-refractivity contribution in [1.29, 1.82) is 0 Å². The number of hydrogen-bond acceptors (Lipinski definition) is 4. The lowest BCUT2D eigenvalue weighted by molar-refractivity contribution is -0.142. The fourth-order valence-electron chi connectivity index (χ4n) is 3.57. The number of allylic oxidation sites excluding steroid dienone is 1. The molecule has 0 bridgehead atoms. The van der Waals surface area contributed by atoms with Crippen LogP contribution < -0.4 is 5.32 Å². The summed E-state index contributed by atoms with van der Waals surface area (Å²) >= 11 is 1.28. The zero-order chi connectivity index (χ0) is 30.2. The van der Waals surface area contributed by atoms with Gasteiger partial charge in [-0.15, -0.1) is 0 Å². The van der Waals surface area contributed by atoms with Crippen molar-refractivity contribution in [2.24, 2.45) is 5.92 Å². The van der Waals surface area contributed by atoms with E-state index in [2.05, 4.69) is 5.32 Å². The summed E-state index contributed by atoms with van der Waals surface area (Å²) in [5.41, 5.74) is -1.55. The van der Waals surface area contributed by atoms with E-state index in [1.807, 2.05) is 30.3 Å². The number of amides is 1. The van der Waals surface area contributed by atoms with Crippen LogP contribution in [0.2, 0.25) is 0 Å². The Morgan fingerprint density at radius 1 is 0.805 bits per heavy atom. The quantitative estimate of drug-likeness (QED) is 0.183. The Labute approximate surface area is 235 Å². The topological polar surface area (TPSA) is 83.5 Å². The number of nitrogens with one attached hydrogen (secondary N) is 1. The second kappa shape index (κ2) is 13.5. The summed E-state index contributed by atoms with van der Waals surface area (Å²) in [6, 6.07) is 16.0. The van der Waals surface area contributed by atoms with E-state index in [4.69, 9.17) is 0 Å². The standard InChI is InChI=1S/C29H23F6NO4S/c30-28(31,32)22-10-6-18(7-11-22)14-24(36-26(38)20-8-12-23(13-9-20)29(33,34)35)25(37)15-21(27(39)40)17-41-16-19-4-2-1-3-5-19/h1-14,21H,15-17H2,(H,36,38)(H,39,40)/b24-14+/t21-/m0/s1. The molecule has 216 valence electrons. The number of alkyl halides is 6. The third-order valence-corrected chi connectivity index (χ3v) is 6.96. The molecule has 1 amide bonds. The van der Waals surface area contributed by atoms with E-state index in [-0.39, 0.29) is 16.9 Å². The lowest BCUT2D eigenvalue weighted by Gasteiger charge is -2.15. The van der Waals surface area contributed by atoms with E-state index in [9.17, 15) is 45.8 Å². The van der Waals surface area contributed by atoms with Gasteiger partial charge in [0.1, 0.15) is 0 Å². The molecule has 0 fully saturated rings. The highest BCUT2D eigenvalue weighted by molar-refractivity contribution is 7.98. The van der Waals surface area contributed by atoms with Crippen LogP contribution in [0.15, 0.2) is 84.6 Å². The van der Waals surface area contributed by atoms with E-state index in [0.29, 0.717) is 17.9 Å². The molecule has 3 aromatic rings. The van der Waals surface area contributed by atoms with Crippen LogP contribution in [-0.2, 0) is 27.7 Å². The molecule has 5 nitrogen and oxygen atoms in total. The molecule has 3 aromatic carbocycles. The average molecular weight is 596 g/mol. The maximum Gasteiger partial charge on any atom is 0.416 e. The first kappa shape index (κ1) is 31.5. The first-order valence-electron chi connectivity index (χ1n) is 12.0. The van der Waals surface area contributed by atoms with E-state index in [0.717, 1.165) is 48.0 Å². The molecular weight excluding hydrogens is 572 g/mol.